The molecular formula is C16H19F3N4O2S. The summed E-state index contributed by atoms with van der Waals surface area (Å²) in [5.74, 6) is -0.302. The van der Waals surface area contributed by atoms with E-state index in [4.69, 9.17) is 0 Å². The molecule has 1 fully saturated rings. The van der Waals surface area contributed by atoms with E-state index in [1.807, 2.05) is 0 Å². The number of hydrogen-bond donors (Lipinski definition) is 0. The van der Waals surface area contributed by atoms with Crippen molar-refractivity contribution >= 4 is 10.0 Å². The molecule has 0 N–H and O–H groups in total. The zero-order chi connectivity index (χ0) is 18.9. The fraction of sp³-hybridized carbons (Fsp3) is 0.438. The number of benzene rings is 1. The number of halogens is 3. The van der Waals surface area contributed by atoms with Gasteiger partial charge < -0.3 is 0 Å². The average Bonchev–Trinajstić information content (AvgIpc) is 3.00. The van der Waals surface area contributed by atoms with Gasteiger partial charge in [-0.1, -0.05) is 12.1 Å². The predicted molar refractivity (Wildman–Crippen MR) is 88.7 cm³/mol. The first-order valence-corrected chi connectivity index (χ1v) is 9.52. The van der Waals surface area contributed by atoms with Crippen LogP contribution in [0.15, 0.2) is 35.4 Å². The molecule has 0 spiro atoms. The number of nitrogens with zero attached hydrogens (tertiary/aromatic N) is 4. The van der Waals surface area contributed by atoms with Crippen LogP contribution in [-0.2, 0) is 16.6 Å². The highest BCUT2D eigenvalue weighted by atomic mass is 32.2. The number of piperazine rings is 1. The Morgan fingerprint density at radius 3 is 2.27 bits per heavy atom. The first-order chi connectivity index (χ1) is 12.3. The van der Waals surface area contributed by atoms with Crippen molar-refractivity contribution in [3.8, 4) is 0 Å². The Morgan fingerprint density at radius 2 is 1.73 bits per heavy atom. The normalized spacial score (nSPS) is 17.1. The van der Waals surface area contributed by atoms with E-state index in [-0.39, 0.29) is 29.5 Å². The minimum atomic E-state index is -3.87. The van der Waals surface area contributed by atoms with Crippen LogP contribution in [0, 0.1) is 12.7 Å². The van der Waals surface area contributed by atoms with Crippen LogP contribution in [0.5, 0.6) is 0 Å². The van der Waals surface area contributed by atoms with E-state index in [1.54, 1.807) is 12.1 Å². The summed E-state index contributed by atoms with van der Waals surface area (Å²) in [6.45, 7) is 0.612. The fourth-order valence-electron chi connectivity index (χ4n) is 2.93. The number of aryl methyl sites for hydroxylation is 1. The number of rotatable bonds is 5. The molecule has 0 aliphatic carbocycles. The second-order valence-corrected chi connectivity index (χ2v) is 8.05. The minimum absolute atomic E-state index is 0.0547. The van der Waals surface area contributed by atoms with E-state index in [9.17, 15) is 21.6 Å². The largest absolute Gasteiger partial charge is 0.333 e. The second kappa shape index (κ2) is 7.37. The number of aromatic nitrogens is 2. The van der Waals surface area contributed by atoms with E-state index in [1.165, 1.54) is 23.4 Å². The van der Waals surface area contributed by atoms with Crippen molar-refractivity contribution in [2.24, 2.45) is 0 Å². The zero-order valence-corrected chi connectivity index (χ0v) is 15.0. The van der Waals surface area contributed by atoms with E-state index in [0.29, 0.717) is 24.3 Å². The van der Waals surface area contributed by atoms with E-state index >= 15 is 0 Å². The summed E-state index contributed by atoms with van der Waals surface area (Å²) in [6, 6.07) is 6.17. The summed E-state index contributed by atoms with van der Waals surface area (Å²) in [4.78, 5) is 1.87. The molecule has 0 saturated carbocycles. The first-order valence-electron chi connectivity index (χ1n) is 8.08. The summed E-state index contributed by atoms with van der Waals surface area (Å²) in [5, 5.41) is 3.57. The van der Waals surface area contributed by atoms with Gasteiger partial charge in [-0.05, 0) is 24.6 Å². The van der Waals surface area contributed by atoms with Crippen molar-refractivity contribution < 1.29 is 21.6 Å². The summed E-state index contributed by atoms with van der Waals surface area (Å²) >= 11 is 0. The monoisotopic (exact) mass is 388 g/mol. The highest BCUT2D eigenvalue weighted by molar-refractivity contribution is 7.89. The van der Waals surface area contributed by atoms with Crippen LogP contribution in [0.2, 0.25) is 0 Å². The lowest BCUT2D eigenvalue weighted by molar-refractivity contribution is 0.0561. The van der Waals surface area contributed by atoms with Crippen LogP contribution in [0.1, 0.15) is 17.8 Å². The van der Waals surface area contributed by atoms with Gasteiger partial charge in [0.05, 0.1) is 11.9 Å². The van der Waals surface area contributed by atoms with Gasteiger partial charge in [0.1, 0.15) is 10.7 Å². The second-order valence-electron chi connectivity index (χ2n) is 6.14. The van der Waals surface area contributed by atoms with Crippen molar-refractivity contribution in [3.05, 3.63) is 47.5 Å². The summed E-state index contributed by atoms with van der Waals surface area (Å²) in [6.07, 6.45) is 0.875. The summed E-state index contributed by atoms with van der Waals surface area (Å²) < 4.78 is 65.5. The Morgan fingerprint density at radius 1 is 1.12 bits per heavy atom. The maximum atomic E-state index is 13.0. The van der Waals surface area contributed by atoms with Crippen LogP contribution in [0.4, 0.5) is 13.2 Å². The van der Waals surface area contributed by atoms with Gasteiger partial charge in [-0.2, -0.15) is 18.2 Å². The number of sulfonamides is 1. The van der Waals surface area contributed by atoms with Gasteiger partial charge in [-0.15, -0.1) is 0 Å². The smallest absolute Gasteiger partial charge is 0.296 e. The molecule has 10 heteroatoms. The molecule has 1 aromatic heterocycles. The van der Waals surface area contributed by atoms with Crippen molar-refractivity contribution in [1.82, 2.24) is 19.0 Å². The van der Waals surface area contributed by atoms with Crippen molar-refractivity contribution in [3.63, 3.8) is 0 Å². The molecule has 2 heterocycles. The summed E-state index contributed by atoms with van der Waals surface area (Å²) in [7, 11) is -3.87. The molecule has 3 rings (SSSR count). The third-order valence-corrected chi connectivity index (χ3v) is 6.34. The van der Waals surface area contributed by atoms with Gasteiger partial charge >= 0.3 is 6.55 Å². The minimum Gasteiger partial charge on any atom is -0.296 e. The average molecular weight is 388 g/mol. The molecule has 1 aromatic carbocycles. The van der Waals surface area contributed by atoms with Gasteiger partial charge in [0.25, 0.3) is 0 Å². The third-order valence-electron chi connectivity index (χ3n) is 4.34. The quantitative estimate of drug-likeness (QED) is 0.788. The van der Waals surface area contributed by atoms with Crippen LogP contribution < -0.4 is 0 Å². The molecule has 0 radical (unpaired) electrons. The van der Waals surface area contributed by atoms with Crippen LogP contribution in [0.25, 0.3) is 0 Å². The molecule has 2 aromatic rings. The van der Waals surface area contributed by atoms with Gasteiger partial charge in [0, 0.05) is 32.7 Å². The van der Waals surface area contributed by atoms with Gasteiger partial charge in [-0.25, -0.2) is 17.5 Å². The maximum Gasteiger partial charge on any atom is 0.333 e. The lowest BCUT2D eigenvalue weighted by atomic mass is 10.2. The topological polar surface area (TPSA) is 58.4 Å². The van der Waals surface area contributed by atoms with Gasteiger partial charge in [0.2, 0.25) is 10.0 Å². The lowest BCUT2D eigenvalue weighted by Crippen LogP contribution is -2.48. The molecule has 6 nitrogen and oxygen atoms in total. The highest BCUT2D eigenvalue weighted by Gasteiger charge is 2.31. The Bertz CT molecular complexity index is 860. The van der Waals surface area contributed by atoms with E-state index in [2.05, 4.69) is 10.00 Å². The Labute approximate surface area is 149 Å². The van der Waals surface area contributed by atoms with Gasteiger partial charge in [-0.3, -0.25) is 4.90 Å². The van der Waals surface area contributed by atoms with Crippen LogP contribution >= 0.6 is 0 Å². The molecule has 1 aliphatic heterocycles. The predicted octanol–water partition coefficient (Wildman–Crippen LogP) is 2.23. The molecule has 0 unspecified atom stereocenters. The molecular weight excluding hydrogens is 369 g/mol. The third kappa shape index (κ3) is 3.92. The van der Waals surface area contributed by atoms with Crippen LogP contribution in [-0.4, -0.2) is 53.6 Å². The van der Waals surface area contributed by atoms with Crippen molar-refractivity contribution in [2.75, 3.05) is 26.2 Å². The number of alkyl halides is 2. The SMILES string of the molecule is Cc1nn(C(F)F)cc1S(=O)(=O)N1CCN(Cc2ccc(F)cc2)CC1. The Balaban J connectivity index is 1.66. The highest BCUT2D eigenvalue weighted by Crippen LogP contribution is 2.23. The number of hydrogen-bond acceptors (Lipinski definition) is 4. The maximum absolute atomic E-state index is 13.0. The molecule has 0 bridgehead atoms. The lowest BCUT2D eigenvalue weighted by Gasteiger charge is -2.33. The molecule has 0 amide bonds. The fourth-order valence-corrected chi connectivity index (χ4v) is 4.51. The summed E-state index contributed by atoms with van der Waals surface area (Å²) in [5.41, 5.74) is 0.996. The standard InChI is InChI=1S/C16H19F3N4O2S/c1-12-15(11-23(20-12)16(18)19)26(24,25)22-8-6-21(7-9-22)10-13-2-4-14(17)5-3-13/h2-5,11,16H,6-10H2,1H3. The van der Waals surface area contributed by atoms with Crippen molar-refractivity contribution in [1.29, 1.82) is 0 Å². The zero-order valence-electron chi connectivity index (χ0n) is 14.1. The van der Waals surface area contributed by atoms with E-state index < -0.39 is 16.6 Å². The molecule has 0 atom stereocenters. The molecule has 142 valence electrons. The van der Waals surface area contributed by atoms with Crippen molar-refractivity contribution in [2.45, 2.75) is 24.9 Å². The van der Waals surface area contributed by atoms with E-state index in [0.717, 1.165) is 11.8 Å². The van der Waals surface area contributed by atoms with Crippen LogP contribution in [0.3, 0.4) is 0 Å². The molecule has 1 saturated heterocycles. The Hall–Kier alpha value is -1.91. The Kier molecular flexibility index (Phi) is 5.35. The van der Waals surface area contributed by atoms with Gasteiger partial charge in [0.15, 0.2) is 0 Å². The molecule has 26 heavy (non-hydrogen) atoms. The first kappa shape index (κ1) is 18.9. The molecule has 1 aliphatic rings.